The Labute approximate surface area is 494 Å². The number of hydrogen-bond donors (Lipinski definition) is 8. The lowest BCUT2D eigenvalue weighted by atomic mass is 9.86. The number of methoxy groups -OCH3 is 1. The fourth-order valence-electron chi connectivity index (χ4n) is 10.8. The largest absolute Gasteiger partial charge is 0.445 e. The quantitative estimate of drug-likeness (QED) is 0.0377. The van der Waals surface area contributed by atoms with E-state index in [1.54, 1.807) is 57.0 Å². The van der Waals surface area contributed by atoms with Gasteiger partial charge in [-0.2, -0.15) is 0 Å². The Morgan fingerprint density at radius 3 is 1.93 bits per heavy atom. The molecule has 0 aromatic heterocycles. The number of rotatable bonds is 31. The molecule has 1 aliphatic heterocycles. The standard InChI is InChI=1S/C62H102N10O11/c1-18-39(8)53(48(82-17)34-49(73)72-33-23-27-47(72)40(9)41(10)55(75)65-42(11)54(74)44-24-20-19-21-25-44)70(15)59(79)51(37(4)5)68-58(78)52(38(6)7)71(16)61(81)83-35-43-28-30-45(31-29-43)66-56(76)46(26-22-32-64-60(63)80)67-57(77)50(36(2)3)69-62(12,13)14/h19-21,24-25,28-31,36-42,46-48,50-54,69,74H,18,22-23,26-27,32-35H2,1-17H3,(H,65,75)(H,66,76)(H,67,77)(H,68,78)(H3,63,64,80)/t39-,40+,41-,42-,46-,47-,48+,50-,51-,52-,53-,54-/m0/s1. The minimum atomic E-state index is -1.04. The molecule has 12 atom stereocenters. The molecule has 0 saturated carbocycles. The van der Waals surface area contributed by atoms with E-state index < -0.39 is 84.2 Å². The number of nitrogens with two attached hydrogens (primary N) is 1. The highest BCUT2D eigenvalue weighted by molar-refractivity contribution is 5.98. The third kappa shape index (κ3) is 21.4. The number of primary amides is 1. The molecular weight excluding hydrogens is 1060 g/mol. The van der Waals surface area contributed by atoms with Gasteiger partial charge in [-0.1, -0.05) is 118 Å². The molecule has 83 heavy (non-hydrogen) atoms. The van der Waals surface area contributed by atoms with Crippen LogP contribution in [0, 0.1) is 35.5 Å². The number of carbonyl (C=O) groups is 8. The number of urea groups is 1. The van der Waals surface area contributed by atoms with Crippen LogP contribution in [-0.4, -0.2) is 156 Å². The summed E-state index contributed by atoms with van der Waals surface area (Å²) in [4.78, 5) is 114. The van der Waals surface area contributed by atoms with Gasteiger partial charge in [0.15, 0.2) is 0 Å². The zero-order valence-electron chi connectivity index (χ0n) is 52.7. The van der Waals surface area contributed by atoms with Crippen molar-refractivity contribution in [2.45, 2.75) is 202 Å². The van der Waals surface area contributed by atoms with Gasteiger partial charge in [-0.05, 0) is 106 Å². The summed E-state index contributed by atoms with van der Waals surface area (Å²) < 4.78 is 11.8. The molecule has 1 aliphatic rings. The topological polar surface area (TPSA) is 283 Å². The number of nitrogens with zero attached hydrogens (tertiary/aromatic N) is 3. The summed E-state index contributed by atoms with van der Waals surface area (Å²) in [5.41, 5.74) is 6.57. The third-order valence-corrected chi connectivity index (χ3v) is 16.1. The Balaban J connectivity index is 1.70. The van der Waals surface area contributed by atoms with E-state index in [-0.39, 0.29) is 84.9 Å². The molecule has 0 unspecified atom stereocenters. The number of benzene rings is 2. The van der Waals surface area contributed by atoms with Crippen molar-refractivity contribution in [3.05, 3.63) is 65.7 Å². The van der Waals surface area contributed by atoms with Crippen molar-refractivity contribution >= 4 is 53.3 Å². The smallest absolute Gasteiger partial charge is 0.410 e. The SMILES string of the molecule is CC[C@H](C)[C@@H]([C@@H](CC(=O)N1CCC[C@H]1[C@H](C)[C@H](C)C(=O)N[C@@H](C)[C@H](O)c1ccccc1)OC)N(C)C(=O)[C@@H](NC(=O)[C@H](C(C)C)N(C)C(=O)OCc1ccc(NC(=O)[C@H](CCCNC(N)=O)NC(=O)[C@@H](NC(C)(C)C)C(C)C)cc1)C(C)C. The number of hydrogen-bond acceptors (Lipinski definition) is 12. The molecule has 3 rings (SSSR count). The van der Waals surface area contributed by atoms with E-state index in [1.165, 1.54) is 19.1 Å². The van der Waals surface area contributed by atoms with Crippen molar-refractivity contribution < 1.29 is 52.9 Å². The van der Waals surface area contributed by atoms with Crippen LogP contribution in [0.15, 0.2) is 54.6 Å². The molecular formula is C62H102N10O11. The van der Waals surface area contributed by atoms with Gasteiger partial charge < -0.3 is 62.0 Å². The number of likely N-dealkylation sites (N-methyl/N-ethyl adjacent to an activating group) is 2. The number of nitrogens with one attached hydrogen (secondary N) is 6. The summed E-state index contributed by atoms with van der Waals surface area (Å²) in [5, 5.41) is 28.4. The third-order valence-electron chi connectivity index (χ3n) is 16.1. The van der Waals surface area contributed by atoms with Gasteiger partial charge in [-0.15, -0.1) is 0 Å². The molecule has 0 radical (unpaired) electrons. The highest BCUT2D eigenvalue weighted by Crippen LogP contribution is 2.32. The lowest BCUT2D eigenvalue weighted by molar-refractivity contribution is -0.146. The first-order valence-electron chi connectivity index (χ1n) is 29.7. The number of likely N-dealkylation sites (tertiary alicyclic amines) is 1. The molecule has 2 aromatic rings. The minimum absolute atomic E-state index is 0.0221. The first-order chi connectivity index (χ1) is 38.8. The van der Waals surface area contributed by atoms with Gasteiger partial charge in [-0.25, -0.2) is 9.59 Å². The highest BCUT2D eigenvalue weighted by Gasteiger charge is 2.43. The normalized spacial score (nSPS) is 17.6. The van der Waals surface area contributed by atoms with Crippen molar-refractivity contribution in [3.8, 4) is 0 Å². The Bertz CT molecular complexity index is 2420. The average Bonchev–Trinajstić information content (AvgIpc) is 4.12. The number of aliphatic hydroxyl groups excluding tert-OH is 1. The van der Waals surface area contributed by atoms with Crippen LogP contribution >= 0.6 is 0 Å². The number of aliphatic hydroxyl groups is 1. The molecule has 2 aromatic carbocycles. The Hall–Kier alpha value is -6.32. The van der Waals surface area contributed by atoms with Crippen molar-refractivity contribution in [3.63, 3.8) is 0 Å². The maximum absolute atomic E-state index is 14.7. The summed E-state index contributed by atoms with van der Waals surface area (Å²) >= 11 is 0. The second-order valence-electron chi connectivity index (χ2n) is 24.8. The Morgan fingerprint density at radius 2 is 1.39 bits per heavy atom. The summed E-state index contributed by atoms with van der Waals surface area (Å²) in [7, 11) is 4.66. The predicted molar refractivity (Wildman–Crippen MR) is 322 cm³/mol. The van der Waals surface area contributed by atoms with E-state index in [0.29, 0.717) is 36.2 Å². The molecule has 1 fully saturated rings. The molecule has 21 heteroatoms. The van der Waals surface area contributed by atoms with E-state index in [2.05, 4.69) is 31.9 Å². The van der Waals surface area contributed by atoms with Gasteiger partial charge in [0.1, 0.15) is 24.7 Å². The number of carbonyl (C=O) groups excluding carboxylic acids is 8. The van der Waals surface area contributed by atoms with Crippen LogP contribution < -0.4 is 37.6 Å². The van der Waals surface area contributed by atoms with Crippen molar-refractivity contribution in [2.24, 2.45) is 41.2 Å². The van der Waals surface area contributed by atoms with Crippen LogP contribution in [0.3, 0.4) is 0 Å². The summed E-state index contributed by atoms with van der Waals surface area (Å²) in [6.45, 7) is 27.1. The van der Waals surface area contributed by atoms with Gasteiger partial charge in [-0.3, -0.25) is 33.7 Å². The van der Waals surface area contributed by atoms with Gasteiger partial charge in [0.2, 0.25) is 35.4 Å². The van der Waals surface area contributed by atoms with Crippen molar-refractivity contribution in [1.29, 1.82) is 0 Å². The predicted octanol–water partition coefficient (Wildman–Crippen LogP) is 6.48. The van der Waals surface area contributed by atoms with Crippen LogP contribution in [0.2, 0.25) is 0 Å². The van der Waals surface area contributed by atoms with Crippen LogP contribution in [0.4, 0.5) is 15.3 Å². The zero-order valence-corrected chi connectivity index (χ0v) is 52.7. The van der Waals surface area contributed by atoms with Crippen molar-refractivity contribution in [2.75, 3.05) is 39.6 Å². The van der Waals surface area contributed by atoms with Gasteiger partial charge in [0.05, 0.1) is 36.8 Å². The first kappa shape index (κ1) is 70.9. The van der Waals surface area contributed by atoms with E-state index in [0.717, 1.165) is 12.8 Å². The summed E-state index contributed by atoms with van der Waals surface area (Å²) in [6, 6.07) is 10.2. The molecule has 1 heterocycles. The molecule has 21 nitrogen and oxygen atoms in total. The molecule has 466 valence electrons. The lowest BCUT2D eigenvalue weighted by Gasteiger charge is -2.41. The number of anilines is 1. The van der Waals surface area contributed by atoms with E-state index >= 15 is 0 Å². The summed E-state index contributed by atoms with van der Waals surface area (Å²) in [5.74, 6) is -3.76. The van der Waals surface area contributed by atoms with Gasteiger partial charge in [0, 0.05) is 57.5 Å². The Kier molecular flexibility index (Phi) is 28.4. The Morgan fingerprint density at radius 1 is 0.771 bits per heavy atom. The second kappa shape index (κ2) is 33.2. The zero-order chi connectivity index (χ0) is 62.6. The van der Waals surface area contributed by atoms with Crippen LogP contribution in [-0.2, 0) is 44.8 Å². The minimum Gasteiger partial charge on any atom is -0.445 e. The fourth-order valence-corrected chi connectivity index (χ4v) is 10.8. The van der Waals surface area contributed by atoms with Gasteiger partial charge in [0.25, 0.3) is 0 Å². The number of ether oxygens (including phenoxy) is 2. The van der Waals surface area contributed by atoms with Crippen LogP contribution in [0.1, 0.15) is 153 Å². The average molecular weight is 1160 g/mol. The van der Waals surface area contributed by atoms with Crippen LogP contribution in [0.25, 0.3) is 0 Å². The monoisotopic (exact) mass is 1160 g/mol. The van der Waals surface area contributed by atoms with Crippen LogP contribution in [0.5, 0.6) is 0 Å². The molecule has 0 bridgehead atoms. The van der Waals surface area contributed by atoms with Crippen molar-refractivity contribution in [1.82, 2.24) is 41.3 Å². The van der Waals surface area contributed by atoms with E-state index in [4.69, 9.17) is 15.2 Å². The molecule has 9 amide bonds. The highest BCUT2D eigenvalue weighted by atomic mass is 16.6. The van der Waals surface area contributed by atoms with E-state index in [9.17, 15) is 43.5 Å². The maximum Gasteiger partial charge on any atom is 0.410 e. The molecule has 9 N–H and O–H groups in total. The van der Waals surface area contributed by atoms with Gasteiger partial charge >= 0.3 is 12.1 Å². The fraction of sp³-hybridized carbons (Fsp3) is 0.677. The first-order valence-corrected chi connectivity index (χ1v) is 29.7. The summed E-state index contributed by atoms with van der Waals surface area (Å²) in [6.07, 6.45) is 0.317. The molecule has 1 saturated heterocycles. The molecule has 0 spiro atoms. The van der Waals surface area contributed by atoms with E-state index in [1.807, 2.05) is 111 Å². The number of amides is 9. The lowest BCUT2D eigenvalue weighted by Crippen LogP contribution is -2.60. The second-order valence-corrected chi connectivity index (χ2v) is 24.8. The molecule has 0 aliphatic carbocycles. The maximum atomic E-state index is 14.7.